The van der Waals surface area contributed by atoms with Crippen molar-refractivity contribution >= 4 is 21.6 Å². The van der Waals surface area contributed by atoms with Gasteiger partial charge in [0.15, 0.2) is 0 Å². The SMILES string of the molecule is CN(CCC#N)c1cc(Br)cc(C#N)c1. The maximum Gasteiger partial charge on any atom is 0.0992 e. The van der Waals surface area contributed by atoms with Crippen molar-refractivity contribution in [1.29, 1.82) is 10.5 Å². The molecule has 0 aliphatic carbocycles. The molecule has 15 heavy (non-hydrogen) atoms. The standard InChI is InChI=1S/C11H10BrN3/c1-15(4-2-3-13)11-6-9(8-14)5-10(12)7-11/h5-7H,2,4H2,1H3. The van der Waals surface area contributed by atoms with Crippen molar-refractivity contribution in [1.82, 2.24) is 0 Å². The van der Waals surface area contributed by atoms with Gasteiger partial charge >= 0.3 is 0 Å². The molecule has 1 aromatic rings. The molecule has 1 aromatic carbocycles. The molecule has 0 spiro atoms. The number of benzene rings is 1. The maximum absolute atomic E-state index is 8.80. The van der Waals surface area contributed by atoms with Gasteiger partial charge in [-0.05, 0) is 18.2 Å². The van der Waals surface area contributed by atoms with Gasteiger partial charge in [-0.25, -0.2) is 0 Å². The minimum absolute atomic E-state index is 0.477. The van der Waals surface area contributed by atoms with E-state index in [0.29, 0.717) is 18.5 Å². The van der Waals surface area contributed by atoms with E-state index >= 15 is 0 Å². The van der Waals surface area contributed by atoms with E-state index < -0.39 is 0 Å². The predicted octanol–water partition coefficient (Wildman–Crippen LogP) is 2.67. The van der Waals surface area contributed by atoms with Gasteiger partial charge in [-0.15, -0.1) is 0 Å². The molecule has 0 atom stereocenters. The minimum atomic E-state index is 0.477. The summed E-state index contributed by atoms with van der Waals surface area (Å²) in [6.45, 7) is 0.665. The van der Waals surface area contributed by atoms with Gasteiger partial charge in [0.1, 0.15) is 0 Å². The Morgan fingerprint density at radius 2 is 2.07 bits per heavy atom. The van der Waals surface area contributed by atoms with Gasteiger partial charge in [-0.1, -0.05) is 15.9 Å². The third kappa shape index (κ3) is 3.27. The van der Waals surface area contributed by atoms with Crippen LogP contribution in [0.4, 0.5) is 5.69 Å². The van der Waals surface area contributed by atoms with E-state index in [0.717, 1.165) is 10.2 Å². The monoisotopic (exact) mass is 263 g/mol. The molecule has 0 bridgehead atoms. The summed E-state index contributed by atoms with van der Waals surface area (Å²) in [7, 11) is 1.90. The average molecular weight is 264 g/mol. The number of nitriles is 2. The first-order chi connectivity index (χ1) is 7.17. The molecule has 0 aromatic heterocycles. The molecule has 0 N–H and O–H groups in total. The number of hydrogen-bond acceptors (Lipinski definition) is 3. The number of halogens is 1. The smallest absolute Gasteiger partial charge is 0.0992 e. The van der Waals surface area contributed by atoms with Crippen LogP contribution in [-0.2, 0) is 0 Å². The zero-order valence-electron chi connectivity index (χ0n) is 8.37. The first kappa shape index (κ1) is 11.6. The highest BCUT2D eigenvalue weighted by molar-refractivity contribution is 9.10. The largest absolute Gasteiger partial charge is 0.373 e. The van der Waals surface area contributed by atoms with Crippen LogP contribution in [0.15, 0.2) is 22.7 Å². The van der Waals surface area contributed by atoms with Gasteiger partial charge in [0.05, 0.1) is 24.1 Å². The van der Waals surface area contributed by atoms with Crippen molar-refractivity contribution in [2.45, 2.75) is 6.42 Å². The Morgan fingerprint density at radius 3 is 2.67 bits per heavy atom. The molecule has 3 nitrogen and oxygen atoms in total. The lowest BCUT2D eigenvalue weighted by atomic mass is 10.2. The van der Waals surface area contributed by atoms with E-state index in [2.05, 4.69) is 28.1 Å². The fourth-order valence-electron chi connectivity index (χ4n) is 1.21. The van der Waals surface area contributed by atoms with Gasteiger partial charge in [0, 0.05) is 23.8 Å². The summed E-state index contributed by atoms with van der Waals surface area (Å²) >= 11 is 3.35. The van der Waals surface area contributed by atoms with E-state index in [1.165, 1.54) is 0 Å². The third-order valence-corrected chi connectivity index (χ3v) is 2.47. The summed E-state index contributed by atoms with van der Waals surface area (Å²) in [5.41, 5.74) is 1.55. The van der Waals surface area contributed by atoms with Gasteiger partial charge in [0.2, 0.25) is 0 Å². The Labute approximate surface area is 97.7 Å². The topological polar surface area (TPSA) is 50.8 Å². The summed E-state index contributed by atoms with van der Waals surface area (Å²) < 4.78 is 0.875. The van der Waals surface area contributed by atoms with Crippen LogP contribution in [0.1, 0.15) is 12.0 Å². The van der Waals surface area contributed by atoms with E-state index in [-0.39, 0.29) is 0 Å². The molecule has 0 saturated carbocycles. The molecule has 0 fully saturated rings. The van der Waals surface area contributed by atoms with Crippen LogP contribution in [0, 0.1) is 22.7 Å². The van der Waals surface area contributed by atoms with E-state index in [9.17, 15) is 0 Å². The zero-order valence-corrected chi connectivity index (χ0v) is 9.95. The highest BCUT2D eigenvalue weighted by Crippen LogP contribution is 2.21. The van der Waals surface area contributed by atoms with Gasteiger partial charge in [-0.2, -0.15) is 10.5 Å². The highest BCUT2D eigenvalue weighted by Gasteiger charge is 2.03. The first-order valence-electron chi connectivity index (χ1n) is 4.46. The minimum Gasteiger partial charge on any atom is -0.373 e. The molecule has 0 saturated heterocycles. The molecule has 0 aliphatic rings. The van der Waals surface area contributed by atoms with Gasteiger partial charge in [0.25, 0.3) is 0 Å². The third-order valence-electron chi connectivity index (χ3n) is 2.01. The van der Waals surface area contributed by atoms with Crippen LogP contribution in [0.2, 0.25) is 0 Å². The second kappa shape index (κ2) is 5.38. The van der Waals surface area contributed by atoms with Crippen LogP contribution >= 0.6 is 15.9 Å². The normalized spacial score (nSPS) is 9.07. The van der Waals surface area contributed by atoms with Crippen molar-refractivity contribution in [2.24, 2.45) is 0 Å². The number of hydrogen-bond donors (Lipinski definition) is 0. The highest BCUT2D eigenvalue weighted by atomic mass is 79.9. The Bertz CT molecular complexity index is 428. The maximum atomic E-state index is 8.80. The molecule has 0 heterocycles. The fourth-order valence-corrected chi connectivity index (χ4v) is 1.69. The number of nitrogens with zero attached hydrogens (tertiary/aromatic N) is 3. The molecular formula is C11H10BrN3. The second-order valence-electron chi connectivity index (χ2n) is 3.14. The van der Waals surface area contributed by atoms with Crippen LogP contribution < -0.4 is 4.90 Å². The quantitative estimate of drug-likeness (QED) is 0.843. The van der Waals surface area contributed by atoms with E-state index in [1.54, 1.807) is 6.07 Å². The first-order valence-corrected chi connectivity index (χ1v) is 5.25. The van der Waals surface area contributed by atoms with Gasteiger partial charge in [-0.3, -0.25) is 0 Å². The molecular weight excluding hydrogens is 254 g/mol. The van der Waals surface area contributed by atoms with Crippen LogP contribution in [-0.4, -0.2) is 13.6 Å². The summed E-state index contributed by atoms with van der Waals surface area (Å²) in [5.74, 6) is 0. The summed E-state index contributed by atoms with van der Waals surface area (Å²) in [6.07, 6.45) is 0.477. The average Bonchev–Trinajstić information content (AvgIpc) is 2.24. The Morgan fingerprint density at radius 1 is 1.33 bits per heavy atom. The van der Waals surface area contributed by atoms with Crippen molar-refractivity contribution in [3.8, 4) is 12.1 Å². The van der Waals surface area contributed by atoms with Crippen LogP contribution in [0.3, 0.4) is 0 Å². The lowest BCUT2D eigenvalue weighted by Gasteiger charge is -2.18. The summed E-state index contributed by atoms with van der Waals surface area (Å²) in [5, 5.41) is 17.3. The molecule has 0 amide bonds. The lowest BCUT2D eigenvalue weighted by molar-refractivity contribution is 0.904. The molecule has 1 rings (SSSR count). The molecule has 4 heteroatoms. The zero-order chi connectivity index (χ0) is 11.3. The van der Waals surface area contributed by atoms with Crippen molar-refractivity contribution < 1.29 is 0 Å². The fraction of sp³-hybridized carbons (Fsp3) is 0.273. The Kier molecular flexibility index (Phi) is 4.15. The summed E-state index contributed by atoms with van der Waals surface area (Å²) in [4.78, 5) is 1.95. The molecule has 0 unspecified atom stereocenters. The van der Waals surface area contributed by atoms with E-state index in [1.807, 2.05) is 24.1 Å². The Balaban J connectivity index is 2.90. The lowest BCUT2D eigenvalue weighted by Crippen LogP contribution is -2.18. The number of rotatable bonds is 3. The molecule has 76 valence electrons. The molecule has 0 radical (unpaired) electrons. The second-order valence-corrected chi connectivity index (χ2v) is 4.06. The van der Waals surface area contributed by atoms with Crippen LogP contribution in [0.5, 0.6) is 0 Å². The van der Waals surface area contributed by atoms with Crippen molar-refractivity contribution in [3.05, 3.63) is 28.2 Å². The van der Waals surface area contributed by atoms with E-state index in [4.69, 9.17) is 10.5 Å². The number of anilines is 1. The van der Waals surface area contributed by atoms with Crippen LogP contribution in [0.25, 0.3) is 0 Å². The predicted molar refractivity (Wildman–Crippen MR) is 62.4 cm³/mol. The Hall–Kier alpha value is -1.52. The van der Waals surface area contributed by atoms with Gasteiger partial charge < -0.3 is 4.90 Å². The van der Waals surface area contributed by atoms with Crippen molar-refractivity contribution in [2.75, 3.05) is 18.5 Å². The molecule has 0 aliphatic heterocycles. The summed E-state index contributed by atoms with van der Waals surface area (Å²) in [6, 6.07) is 9.69. The van der Waals surface area contributed by atoms with Crippen molar-refractivity contribution in [3.63, 3.8) is 0 Å².